The number of nitrogens with zero attached hydrogens (tertiary/aromatic N) is 2. The maximum Gasteiger partial charge on any atom is 0.277 e. The van der Waals surface area contributed by atoms with Gasteiger partial charge in [0.25, 0.3) is 10.0 Å². The van der Waals surface area contributed by atoms with Crippen LogP contribution >= 0.6 is 0 Å². The highest BCUT2D eigenvalue weighted by Gasteiger charge is 2.30. The number of piperidine rings is 1. The fraction of sp³-hybridized carbons (Fsp3) is 0.500. The predicted molar refractivity (Wildman–Crippen MR) is 51.6 cm³/mol. The van der Waals surface area contributed by atoms with Crippen LogP contribution in [0.3, 0.4) is 0 Å². The van der Waals surface area contributed by atoms with Crippen molar-refractivity contribution in [2.45, 2.75) is 18.0 Å². The standard InChI is InChI=1S/C8H11N3O3S/c12-7-2-1-5-11(6-7)15(13,14)8-9-3-4-10-8/h3-4H,1-2,5-6H2,(H,9,10). The van der Waals surface area contributed by atoms with Crippen molar-refractivity contribution in [3.63, 3.8) is 0 Å². The van der Waals surface area contributed by atoms with Crippen molar-refractivity contribution in [2.24, 2.45) is 0 Å². The first kappa shape index (κ1) is 10.3. The number of carbonyl (C=O) groups excluding carboxylic acids is 1. The van der Waals surface area contributed by atoms with Crippen molar-refractivity contribution in [3.8, 4) is 0 Å². The Morgan fingerprint density at radius 1 is 1.47 bits per heavy atom. The van der Waals surface area contributed by atoms with Crippen molar-refractivity contribution in [3.05, 3.63) is 12.4 Å². The third-order valence-electron chi connectivity index (χ3n) is 2.27. The van der Waals surface area contributed by atoms with E-state index in [1.54, 1.807) is 0 Å². The van der Waals surface area contributed by atoms with E-state index in [0.717, 1.165) is 4.31 Å². The van der Waals surface area contributed by atoms with E-state index < -0.39 is 10.0 Å². The number of aromatic amines is 1. The molecule has 1 aromatic heterocycles. The van der Waals surface area contributed by atoms with E-state index in [1.165, 1.54) is 12.4 Å². The van der Waals surface area contributed by atoms with Gasteiger partial charge in [-0.1, -0.05) is 0 Å². The summed E-state index contributed by atoms with van der Waals surface area (Å²) >= 11 is 0. The normalized spacial score (nSPS) is 19.3. The molecule has 0 unspecified atom stereocenters. The number of Topliss-reactive ketones (excluding diaryl/α,β-unsaturated/α-hetero) is 1. The lowest BCUT2D eigenvalue weighted by Gasteiger charge is -2.23. The summed E-state index contributed by atoms with van der Waals surface area (Å²) in [5.74, 6) is -0.0450. The SMILES string of the molecule is O=C1CCCN(S(=O)(=O)c2ncc[nH]2)C1. The first-order valence-corrected chi connectivity index (χ1v) is 6.06. The molecule has 6 nitrogen and oxygen atoms in total. The molecule has 1 aliphatic rings. The Labute approximate surface area is 87.4 Å². The summed E-state index contributed by atoms with van der Waals surface area (Å²) in [6, 6.07) is 0. The number of H-pyrrole nitrogens is 1. The fourth-order valence-electron chi connectivity index (χ4n) is 1.53. The lowest BCUT2D eigenvalue weighted by Crippen LogP contribution is -2.40. The topological polar surface area (TPSA) is 83.1 Å². The number of ketones is 1. The zero-order valence-electron chi connectivity index (χ0n) is 8.01. The number of nitrogens with one attached hydrogen (secondary N) is 1. The molecule has 0 aromatic carbocycles. The van der Waals surface area contributed by atoms with Crippen molar-refractivity contribution in [2.75, 3.05) is 13.1 Å². The monoisotopic (exact) mass is 229 g/mol. The summed E-state index contributed by atoms with van der Waals surface area (Å²) in [4.78, 5) is 17.4. The minimum absolute atomic E-state index is 0.0387. The summed E-state index contributed by atoms with van der Waals surface area (Å²) in [6.45, 7) is 0.345. The summed E-state index contributed by atoms with van der Waals surface area (Å²) in [7, 11) is -3.61. The maximum absolute atomic E-state index is 11.9. The Kier molecular flexibility index (Phi) is 2.57. The highest BCUT2D eigenvalue weighted by atomic mass is 32.2. The molecule has 0 amide bonds. The predicted octanol–water partition coefficient (Wildman–Crippen LogP) is -0.237. The zero-order chi connectivity index (χ0) is 10.9. The maximum atomic E-state index is 11.9. The van der Waals surface area contributed by atoms with E-state index in [2.05, 4.69) is 9.97 Å². The molecular weight excluding hydrogens is 218 g/mol. The Morgan fingerprint density at radius 3 is 2.87 bits per heavy atom. The number of imidazole rings is 1. The second kappa shape index (κ2) is 3.74. The fourth-order valence-corrected chi connectivity index (χ4v) is 2.87. The van der Waals surface area contributed by atoms with Gasteiger partial charge in [-0.05, 0) is 6.42 Å². The number of carbonyl (C=O) groups is 1. The van der Waals surface area contributed by atoms with Gasteiger partial charge in [0.1, 0.15) is 5.78 Å². The van der Waals surface area contributed by atoms with Crippen LogP contribution in [0.5, 0.6) is 0 Å². The number of rotatable bonds is 2. The quantitative estimate of drug-likeness (QED) is 0.759. The molecule has 2 rings (SSSR count). The Bertz CT molecular complexity index is 451. The van der Waals surface area contributed by atoms with Gasteiger partial charge in [-0.25, -0.2) is 13.4 Å². The van der Waals surface area contributed by atoms with Gasteiger partial charge in [0.15, 0.2) is 0 Å². The molecule has 15 heavy (non-hydrogen) atoms. The van der Waals surface area contributed by atoms with Crippen molar-refractivity contribution < 1.29 is 13.2 Å². The average molecular weight is 229 g/mol. The molecule has 0 saturated carbocycles. The summed E-state index contributed by atoms with van der Waals surface area (Å²) in [5.41, 5.74) is 0. The Hall–Kier alpha value is -1.21. The van der Waals surface area contributed by atoms with E-state index >= 15 is 0 Å². The first-order valence-electron chi connectivity index (χ1n) is 4.62. The molecule has 7 heteroatoms. The van der Waals surface area contributed by atoms with Crippen LogP contribution in [0.15, 0.2) is 17.6 Å². The van der Waals surface area contributed by atoms with Gasteiger partial charge in [0.05, 0.1) is 6.54 Å². The van der Waals surface area contributed by atoms with Gasteiger partial charge in [0, 0.05) is 25.4 Å². The first-order chi connectivity index (χ1) is 7.10. The van der Waals surface area contributed by atoms with Gasteiger partial charge < -0.3 is 4.98 Å². The molecule has 2 heterocycles. The third-order valence-corrected chi connectivity index (χ3v) is 3.98. The molecule has 1 saturated heterocycles. The van der Waals surface area contributed by atoms with E-state index in [-0.39, 0.29) is 17.5 Å². The molecule has 0 bridgehead atoms. The second-order valence-corrected chi connectivity index (χ2v) is 5.23. The van der Waals surface area contributed by atoms with Crippen LogP contribution in [0.2, 0.25) is 0 Å². The van der Waals surface area contributed by atoms with Crippen LogP contribution in [0.1, 0.15) is 12.8 Å². The molecule has 82 valence electrons. The molecular formula is C8H11N3O3S. The Morgan fingerprint density at radius 2 is 2.27 bits per heavy atom. The summed E-state index contributed by atoms with van der Waals surface area (Å²) in [6.07, 6.45) is 3.86. The molecule has 0 spiro atoms. The highest BCUT2D eigenvalue weighted by molar-refractivity contribution is 7.89. The minimum atomic E-state index is -3.61. The van der Waals surface area contributed by atoms with Crippen molar-refractivity contribution in [1.29, 1.82) is 0 Å². The van der Waals surface area contributed by atoms with Gasteiger partial charge in [-0.3, -0.25) is 4.79 Å². The highest BCUT2D eigenvalue weighted by Crippen LogP contribution is 2.15. The summed E-state index contributed by atoms with van der Waals surface area (Å²) in [5, 5.41) is -0.0998. The minimum Gasteiger partial charge on any atom is -0.334 e. The smallest absolute Gasteiger partial charge is 0.277 e. The molecule has 1 fully saturated rings. The largest absolute Gasteiger partial charge is 0.334 e. The van der Waals surface area contributed by atoms with Gasteiger partial charge in [-0.15, -0.1) is 0 Å². The lowest BCUT2D eigenvalue weighted by atomic mass is 10.1. The lowest BCUT2D eigenvalue weighted by molar-refractivity contribution is -0.120. The molecule has 0 atom stereocenters. The van der Waals surface area contributed by atoms with Gasteiger partial charge in [-0.2, -0.15) is 4.31 Å². The molecule has 0 radical (unpaired) electrons. The number of sulfonamides is 1. The van der Waals surface area contributed by atoms with Crippen LogP contribution in [0.4, 0.5) is 0 Å². The average Bonchev–Trinajstić information content (AvgIpc) is 2.71. The van der Waals surface area contributed by atoms with E-state index in [4.69, 9.17) is 0 Å². The van der Waals surface area contributed by atoms with Crippen molar-refractivity contribution in [1.82, 2.24) is 14.3 Å². The van der Waals surface area contributed by atoms with Crippen LogP contribution in [-0.4, -0.2) is 41.6 Å². The van der Waals surface area contributed by atoms with Gasteiger partial charge >= 0.3 is 0 Å². The molecule has 1 aromatic rings. The molecule has 1 N–H and O–H groups in total. The number of hydrogen-bond donors (Lipinski definition) is 1. The van der Waals surface area contributed by atoms with E-state index in [9.17, 15) is 13.2 Å². The molecule has 1 aliphatic heterocycles. The summed E-state index contributed by atoms with van der Waals surface area (Å²) < 4.78 is 24.9. The van der Waals surface area contributed by atoms with Crippen molar-refractivity contribution >= 4 is 15.8 Å². The van der Waals surface area contributed by atoms with E-state index in [0.29, 0.717) is 19.4 Å². The van der Waals surface area contributed by atoms with Crippen LogP contribution in [0.25, 0.3) is 0 Å². The second-order valence-electron chi connectivity index (χ2n) is 3.38. The third kappa shape index (κ3) is 1.93. The van der Waals surface area contributed by atoms with E-state index in [1.807, 2.05) is 0 Å². The number of hydrogen-bond acceptors (Lipinski definition) is 4. The Balaban J connectivity index is 2.26. The zero-order valence-corrected chi connectivity index (χ0v) is 8.83. The van der Waals surface area contributed by atoms with Crippen LogP contribution in [-0.2, 0) is 14.8 Å². The number of aromatic nitrogens is 2. The van der Waals surface area contributed by atoms with Crippen LogP contribution < -0.4 is 0 Å². The van der Waals surface area contributed by atoms with Gasteiger partial charge in [0.2, 0.25) is 5.16 Å². The molecule has 0 aliphatic carbocycles. The van der Waals surface area contributed by atoms with Crippen LogP contribution in [0, 0.1) is 0 Å².